The third kappa shape index (κ3) is 3.16. The summed E-state index contributed by atoms with van der Waals surface area (Å²) in [6.07, 6.45) is 1.69. The number of hydrogen-bond donors (Lipinski definition) is 1. The van der Waals surface area contributed by atoms with Crippen molar-refractivity contribution >= 4 is 10.9 Å². The van der Waals surface area contributed by atoms with Crippen LogP contribution in [-0.2, 0) is 13.6 Å². The van der Waals surface area contributed by atoms with Crippen molar-refractivity contribution in [1.82, 2.24) is 9.47 Å². The lowest BCUT2D eigenvalue weighted by Crippen LogP contribution is -2.33. The maximum absolute atomic E-state index is 10.6. The largest absolute Gasteiger partial charge is 0.387 e. The lowest BCUT2D eigenvalue weighted by atomic mass is 10.0. The van der Waals surface area contributed by atoms with Crippen LogP contribution in [0.2, 0.25) is 0 Å². The van der Waals surface area contributed by atoms with Gasteiger partial charge >= 0.3 is 0 Å². The SMILES string of the molecule is C[C@@H]([C@H](O)c1ccccc1)N(C)Cc1cn(C)c2ccccc12. The zero-order valence-corrected chi connectivity index (χ0v) is 14.0. The highest BCUT2D eigenvalue weighted by molar-refractivity contribution is 5.83. The standard InChI is InChI=1S/C20H24N2O/c1-15(20(23)16-9-5-4-6-10-16)21(2)13-17-14-22(3)19-12-8-7-11-18(17)19/h4-12,14-15,20,23H,13H2,1-3H3/t15-,20-/m0/s1. The normalized spacial score (nSPS) is 14.3. The van der Waals surface area contributed by atoms with Gasteiger partial charge in [-0.2, -0.15) is 0 Å². The van der Waals surface area contributed by atoms with Crippen molar-refractivity contribution in [3.63, 3.8) is 0 Å². The molecular formula is C20H24N2O. The van der Waals surface area contributed by atoms with Crippen LogP contribution in [0.5, 0.6) is 0 Å². The van der Waals surface area contributed by atoms with Crippen molar-refractivity contribution in [2.45, 2.75) is 25.6 Å². The molecule has 0 radical (unpaired) electrons. The van der Waals surface area contributed by atoms with Crippen molar-refractivity contribution in [1.29, 1.82) is 0 Å². The summed E-state index contributed by atoms with van der Waals surface area (Å²) in [4.78, 5) is 2.21. The second-order valence-corrected chi connectivity index (χ2v) is 6.29. The van der Waals surface area contributed by atoms with Gasteiger partial charge in [0.25, 0.3) is 0 Å². The minimum atomic E-state index is -0.490. The number of fused-ring (bicyclic) bond motifs is 1. The second kappa shape index (κ2) is 6.57. The number of aryl methyl sites for hydroxylation is 1. The number of nitrogens with zero attached hydrogens (tertiary/aromatic N) is 2. The summed E-state index contributed by atoms with van der Waals surface area (Å²) in [5.74, 6) is 0. The Morgan fingerprint density at radius 3 is 2.43 bits per heavy atom. The molecule has 0 aliphatic carbocycles. The van der Waals surface area contributed by atoms with Crippen molar-refractivity contribution in [2.75, 3.05) is 7.05 Å². The molecule has 2 aromatic carbocycles. The van der Waals surface area contributed by atoms with Crippen LogP contribution in [0.25, 0.3) is 10.9 Å². The van der Waals surface area contributed by atoms with Gasteiger partial charge in [0.2, 0.25) is 0 Å². The zero-order chi connectivity index (χ0) is 16.4. The van der Waals surface area contributed by atoms with E-state index in [1.54, 1.807) is 0 Å². The Hall–Kier alpha value is -2.10. The summed E-state index contributed by atoms with van der Waals surface area (Å²) in [5, 5.41) is 11.9. The molecule has 0 aliphatic rings. The van der Waals surface area contributed by atoms with E-state index >= 15 is 0 Å². The van der Waals surface area contributed by atoms with E-state index in [-0.39, 0.29) is 6.04 Å². The Labute approximate surface area is 137 Å². The fraction of sp³-hybridized carbons (Fsp3) is 0.300. The lowest BCUT2D eigenvalue weighted by molar-refractivity contribution is 0.0690. The number of likely N-dealkylation sites (N-methyl/N-ethyl adjacent to an activating group) is 1. The van der Waals surface area contributed by atoms with Crippen molar-refractivity contribution < 1.29 is 5.11 Å². The summed E-state index contributed by atoms with van der Waals surface area (Å²) in [6, 6.07) is 18.4. The van der Waals surface area contributed by atoms with Crippen molar-refractivity contribution in [3.05, 3.63) is 71.9 Å². The van der Waals surface area contributed by atoms with E-state index in [2.05, 4.69) is 60.9 Å². The van der Waals surface area contributed by atoms with Crippen LogP contribution in [-0.4, -0.2) is 27.7 Å². The zero-order valence-electron chi connectivity index (χ0n) is 14.0. The van der Waals surface area contributed by atoms with Crippen LogP contribution in [0.1, 0.15) is 24.2 Å². The van der Waals surface area contributed by atoms with Crippen molar-refractivity contribution in [3.8, 4) is 0 Å². The average Bonchev–Trinajstić information content (AvgIpc) is 2.90. The first kappa shape index (κ1) is 15.8. The van der Waals surface area contributed by atoms with Crippen molar-refractivity contribution in [2.24, 2.45) is 7.05 Å². The fourth-order valence-corrected chi connectivity index (χ4v) is 3.13. The Morgan fingerprint density at radius 2 is 1.70 bits per heavy atom. The Balaban J connectivity index is 1.79. The molecule has 0 saturated carbocycles. The maximum Gasteiger partial charge on any atom is 0.0942 e. The van der Waals surface area contributed by atoms with Gasteiger partial charge in [0.05, 0.1) is 6.10 Å². The molecule has 0 aliphatic heterocycles. The summed E-state index contributed by atoms with van der Waals surface area (Å²) < 4.78 is 2.16. The number of aromatic nitrogens is 1. The van der Waals surface area contributed by atoms with E-state index in [9.17, 15) is 5.11 Å². The smallest absolute Gasteiger partial charge is 0.0942 e. The highest BCUT2D eigenvalue weighted by atomic mass is 16.3. The van der Waals surface area contributed by atoms with Crippen LogP contribution >= 0.6 is 0 Å². The van der Waals surface area contributed by atoms with Gasteiger partial charge in [-0.15, -0.1) is 0 Å². The number of aliphatic hydroxyl groups is 1. The Kier molecular flexibility index (Phi) is 4.51. The quantitative estimate of drug-likeness (QED) is 0.778. The van der Waals surface area contributed by atoms with Gasteiger partial charge in [0.1, 0.15) is 0 Å². The van der Waals surface area contributed by atoms with Gasteiger partial charge in [-0.3, -0.25) is 4.90 Å². The number of para-hydroxylation sites is 1. The molecule has 0 saturated heterocycles. The van der Waals surface area contributed by atoms with Crippen LogP contribution in [0.3, 0.4) is 0 Å². The molecular weight excluding hydrogens is 284 g/mol. The molecule has 3 rings (SSSR count). The summed E-state index contributed by atoms with van der Waals surface area (Å²) in [6.45, 7) is 2.88. The van der Waals surface area contributed by atoms with E-state index in [0.717, 1.165) is 12.1 Å². The van der Waals surface area contributed by atoms with Crippen LogP contribution in [0.15, 0.2) is 60.8 Å². The minimum Gasteiger partial charge on any atom is -0.387 e. The Morgan fingerprint density at radius 1 is 1.04 bits per heavy atom. The third-order valence-corrected chi connectivity index (χ3v) is 4.69. The van der Waals surface area contributed by atoms with Crippen LogP contribution in [0, 0.1) is 0 Å². The van der Waals surface area contributed by atoms with Gasteiger partial charge in [-0.1, -0.05) is 48.5 Å². The molecule has 1 N–H and O–H groups in total. The molecule has 120 valence electrons. The van der Waals surface area contributed by atoms with Gasteiger partial charge in [-0.25, -0.2) is 0 Å². The molecule has 0 fully saturated rings. The van der Waals surface area contributed by atoms with Gasteiger partial charge in [0.15, 0.2) is 0 Å². The minimum absolute atomic E-state index is 0.0383. The summed E-state index contributed by atoms with van der Waals surface area (Å²) in [7, 11) is 4.15. The molecule has 1 heterocycles. The first-order valence-corrected chi connectivity index (χ1v) is 8.04. The maximum atomic E-state index is 10.6. The second-order valence-electron chi connectivity index (χ2n) is 6.29. The molecule has 0 unspecified atom stereocenters. The molecule has 1 aromatic heterocycles. The van der Waals surface area contributed by atoms with Gasteiger partial charge < -0.3 is 9.67 Å². The third-order valence-electron chi connectivity index (χ3n) is 4.69. The van der Waals surface area contributed by atoms with Gasteiger partial charge in [-0.05, 0) is 31.2 Å². The monoisotopic (exact) mass is 308 g/mol. The predicted molar refractivity (Wildman–Crippen MR) is 95.2 cm³/mol. The molecule has 0 amide bonds. The molecule has 2 atom stereocenters. The van der Waals surface area contributed by atoms with Crippen LogP contribution < -0.4 is 0 Å². The molecule has 3 heteroatoms. The first-order chi connectivity index (χ1) is 11.1. The number of rotatable bonds is 5. The van der Waals surface area contributed by atoms with E-state index in [1.165, 1.54) is 16.5 Å². The highest BCUT2D eigenvalue weighted by Crippen LogP contribution is 2.25. The molecule has 0 spiro atoms. The average molecular weight is 308 g/mol. The number of hydrogen-bond acceptors (Lipinski definition) is 2. The molecule has 3 nitrogen and oxygen atoms in total. The lowest BCUT2D eigenvalue weighted by Gasteiger charge is -2.29. The number of benzene rings is 2. The molecule has 23 heavy (non-hydrogen) atoms. The van der Waals surface area contributed by atoms with E-state index < -0.39 is 6.10 Å². The first-order valence-electron chi connectivity index (χ1n) is 8.04. The topological polar surface area (TPSA) is 28.4 Å². The van der Waals surface area contributed by atoms with E-state index in [0.29, 0.717) is 0 Å². The predicted octanol–water partition coefficient (Wildman–Crippen LogP) is 3.73. The summed E-state index contributed by atoms with van der Waals surface area (Å²) >= 11 is 0. The molecule has 3 aromatic rings. The van der Waals surface area contributed by atoms with Gasteiger partial charge in [0, 0.05) is 36.7 Å². The van der Waals surface area contributed by atoms with E-state index in [1.807, 2.05) is 30.3 Å². The summed E-state index contributed by atoms with van der Waals surface area (Å²) in [5.41, 5.74) is 3.50. The fourth-order valence-electron chi connectivity index (χ4n) is 3.13. The Bertz CT molecular complexity index is 779. The highest BCUT2D eigenvalue weighted by Gasteiger charge is 2.21. The number of aliphatic hydroxyl groups excluding tert-OH is 1. The van der Waals surface area contributed by atoms with E-state index in [4.69, 9.17) is 0 Å². The van der Waals surface area contributed by atoms with Crippen LogP contribution in [0.4, 0.5) is 0 Å². The molecule has 0 bridgehead atoms.